The molecule has 33 heavy (non-hydrogen) atoms. The standard InChI is InChI=1S/C25H29N5O3/c31-24(19-7-9-30(10-8-19)25-26-20-3-1-2-4-21(20)27-25)29-13-11-28(12-14-29)16-18-5-6-22-23(15-18)33-17-32-22/h1-6,15,19H,7-14,16-17H2,(H,26,27). The Bertz CT molecular complexity index is 1110. The molecule has 0 bridgehead atoms. The van der Waals surface area contributed by atoms with E-state index in [0.29, 0.717) is 12.7 Å². The summed E-state index contributed by atoms with van der Waals surface area (Å²) in [5.41, 5.74) is 3.27. The number of amides is 1. The predicted octanol–water partition coefficient (Wildman–Crippen LogP) is 2.85. The molecule has 3 aliphatic heterocycles. The van der Waals surface area contributed by atoms with Crippen molar-refractivity contribution in [2.45, 2.75) is 19.4 Å². The smallest absolute Gasteiger partial charge is 0.231 e. The van der Waals surface area contributed by atoms with Crippen molar-refractivity contribution in [3.63, 3.8) is 0 Å². The van der Waals surface area contributed by atoms with E-state index in [1.54, 1.807) is 0 Å². The number of nitrogens with zero attached hydrogens (tertiary/aromatic N) is 4. The molecule has 2 saturated heterocycles. The maximum atomic E-state index is 13.2. The van der Waals surface area contributed by atoms with Crippen molar-refractivity contribution >= 4 is 22.9 Å². The van der Waals surface area contributed by atoms with Crippen LogP contribution in [0.3, 0.4) is 0 Å². The number of benzene rings is 2. The van der Waals surface area contributed by atoms with Crippen LogP contribution < -0.4 is 14.4 Å². The lowest BCUT2D eigenvalue weighted by Gasteiger charge is -2.38. The van der Waals surface area contributed by atoms with Gasteiger partial charge in [-0.3, -0.25) is 9.69 Å². The number of hydrogen-bond donors (Lipinski definition) is 1. The zero-order valence-electron chi connectivity index (χ0n) is 18.7. The maximum Gasteiger partial charge on any atom is 0.231 e. The Kier molecular flexibility index (Phi) is 5.30. The number of rotatable bonds is 4. The lowest BCUT2D eigenvalue weighted by Crippen LogP contribution is -2.51. The molecule has 4 heterocycles. The SMILES string of the molecule is O=C(C1CCN(c2nc3ccccc3[nH]2)CC1)N1CCN(Cc2ccc3c(c2)OCO3)CC1. The molecular formula is C25H29N5O3. The zero-order chi connectivity index (χ0) is 22.2. The molecule has 0 aliphatic carbocycles. The van der Waals surface area contributed by atoms with E-state index in [1.807, 2.05) is 30.3 Å². The summed E-state index contributed by atoms with van der Waals surface area (Å²) in [7, 11) is 0. The molecule has 2 fully saturated rings. The fraction of sp³-hybridized carbons (Fsp3) is 0.440. The van der Waals surface area contributed by atoms with Gasteiger partial charge in [-0.25, -0.2) is 4.98 Å². The molecule has 3 aromatic rings. The molecule has 1 aromatic heterocycles. The first-order chi connectivity index (χ1) is 16.2. The summed E-state index contributed by atoms with van der Waals surface area (Å²) in [6, 6.07) is 14.2. The summed E-state index contributed by atoms with van der Waals surface area (Å²) in [5.74, 6) is 3.00. The molecule has 1 N–H and O–H groups in total. The molecule has 0 radical (unpaired) electrons. The van der Waals surface area contributed by atoms with Gasteiger partial charge in [-0.2, -0.15) is 0 Å². The number of ether oxygens (including phenoxy) is 2. The highest BCUT2D eigenvalue weighted by molar-refractivity contribution is 5.80. The molecule has 2 aromatic carbocycles. The highest BCUT2D eigenvalue weighted by Crippen LogP contribution is 2.33. The monoisotopic (exact) mass is 447 g/mol. The number of carbonyl (C=O) groups excluding carboxylic acids is 1. The van der Waals surface area contributed by atoms with E-state index in [0.717, 1.165) is 87.1 Å². The second kappa shape index (κ2) is 8.59. The highest BCUT2D eigenvalue weighted by atomic mass is 16.7. The molecule has 6 rings (SSSR count). The van der Waals surface area contributed by atoms with Crippen LogP contribution in [0.25, 0.3) is 11.0 Å². The van der Waals surface area contributed by atoms with Gasteiger partial charge in [-0.1, -0.05) is 18.2 Å². The number of aromatic nitrogens is 2. The van der Waals surface area contributed by atoms with Crippen LogP contribution in [-0.4, -0.2) is 71.7 Å². The van der Waals surface area contributed by atoms with Crippen molar-refractivity contribution in [3.05, 3.63) is 48.0 Å². The van der Waals surface area contributed by atoms with E-state index < -0.39 is 0 Å². The summed E-state index contributed by atoms with van der Waals surface area (Å²) < 4.78 is 10.9. The Hall–Kier alpha value is -3.26. The van der Waals surface area contributed by atoms with Crippen LogP contribution in [0.2, 0.25) is 0 Å². The Labute approximate surface area is 193 Å². The minimum absolute atomic E-state index is 0.117. The van der Waals surface area contributed by atoms with Gasteiger partial charge in [0.1, 0.15) is 0 Å². The fourth-order valence-electron chi connectivity index (χ4n) is 5.11. The van der Waals surface area contributed by atoms with Gasteiger partial charge >= 0.3 is 0 Å². The number of fused-ring (bicyclic) bond motifs is 2. The highest BCUT2D eigenvalue weighted by Gasteiger charge is 2.31. The van der Waals surface area contributed by atoms with Crippen molar-refractivity contribution in [3.8, 4) is 11.5 Å². The van der Waals surface area contributed by atoms with E-state index in [9.17, 15) is 4.79 Å². The minimum Gasteiger partial charge on any atom is -0.454 e. The number of H-pyrrole nitrogens is 1. The summed E-state index contributed by atoms with van der Waals surface area (Å²) >= 11 is 0. The number of piperidine rings is 1. The fourth-order valence-corrected chi connectivity index (χ4v) is 5.11. The first-order valence-electron chi connectivity index (χ1n) is 11.8. The molecule has 8 nitrogen and oxygen atoms in total. The second-order valence-corrected chi connectivity index (χ2v) is 9.13. The van der Waals surface area contributed by atoms with E-state index in [2.05, 4.69) is 31.8 Å². The lowest BCUT2D eigenvalue weighted by molar-refractivity contribution is -0.138. The molecular weight excluding hydrogens is 418 g/mol. The van der Waals surface area contributed by atoms with E-state index in [-0.39, 0.29) is 5.92 Å². The van der Waals surface area contributed by atoms with Crippen molar-refractivity contribution in [1.29, 1.82) is 0 Å². The van der Waals surface area contributed by atoms with Gasteiger partial charge in [-0.15, -0.1) is 0 Å². The second-order valence-electron chi connectivity index (χ2n) is 9.13. The zero-order valence-corrected chi connectivity index (χ0v) is 18.7. The molecule has 1 amide bonds. The van der Waals surface area contributed by atoms with Crippen molar-refractivity contribution in [2.24, 2.45) is 5.92 Å². The molecule has 0 unspecified atom stereocenters. The quantitative estimate of drug-likeness (QED) is 0.663. The van der Waals surface area contributed by atoms with Crippen LogP contribution in [0.15, 0.2) is 42.5 Å². The van der Waals surface area contributed by atoms with Crippen molar-refractivity contribution < 1.29 is 14.3 Å². The number of hydrogen-bond acceptors (Lipinski definition) is 6. The summed E-state index contributed by atoms with van der Waals surface area (Å²) in [4.78, 5) is 28.0. The number of aromatic amines is 1. The molecule has 172 valence electrons. The Morgan fingerprint density at radius 2 is 1.76 bits per heavy atom. The molecule has 8 heteroatoms. The Balaban J connectivity index is 0.996. The van der Waals surface area contributed by atoms with Crippen LogP contribution in [0.4, 0.5) is 5.95 Å². The molecule has 3 aliphatic rings. The van der Waals surface area contributed by atoms with Crippen LogP contribution in [0.1, 0.15) is 18.4 Å². The topological polar surface area (TPSA) is 73.9 Å². The molecule has 0 spiro atoms. The molecule has 0 saturated carbocycles. The van der Waals surface area contributed by atoms with E-state index in [1.165, 1.54) is 5.56 Å². The number of nitrogens with one attached hydrogen (secondary N) is 1. The van der Waals surface area contributed by atoms with Gasteiger partial charge in [0.15, 0.2) is 11.5 Å². The van der Waals surface area contributed by atoms with Gasteiger partial charge in [0.05, 0.1) is 11.0 Å². The Morgan fingerprint density at radius 1 is 0.970 bits per heavy atom. The van der Waals surface area contributed by atoms with Crippen molar-refractivity contribution in [2.75, 3.05) is 51.0 Å². The molecule has 0 atom stereocenters. The average Bonchev–Trinajstić information content (AvgIpc) is 3.51. The number of imidazole rings is 1. The van der Waals surface area contributed by atoms with Crippen LogP contribution in [0.5, 0.6) is 11.5 Å². The van der Waals surface area contributed by atoms with E-state index in [4.69, 9.17) is 14.5 Å². The van der Waals surface area contributed by atoms with Crippen LogP contribution >= 0.6 is 0 Å². The number of piperazine rings is 1. The minimum atomic E-state index is 0.117. The lowest BCUT2D eigenvalue weighted by atomic mass is 9.95. The third-order valence-electron chi connectivity index (χ3n) is 7.05. The summed E-state index contributed by atoms with van der Waals surface area (Å²) in [5, 5.41) is 0. The normalized spacial score (nSPS) is 19.4. The first-order valence-corrected chi connectivity index (χ1v) is 11.8. The average molecular weight is 448 g/mol. The van der Waals surface area contributed by atoms with Gasteiger partial charge in [0.25, 0.3) is 0 Å². The van der Waals surface area contributed by atoms with Crippen molar-refractivity contribution in [1.82, 2.24) is 19.8 Å². The number of carbonyl (C=O) groups is 1. The third-order valence-corrected chi connectivity index (χ3v) is 7.05. The first kappa shape index (κ1) is 20.4. The van der Waals surface area contributed by atoms with Gasteiger partial charge in [0, 0.05) is 51.7 Å². The predicted molar refractivity (Wildman–Crippen MR) is 125 cm³/mol. The summed E-state index contributed by atoms with van der Waals surface area (Å²) in [6.45, 7) is 6.29. The van der Waals surface area contributed by atoms with Crippen LogP contribution in [0, 0.1) is 5.92 Å². The number of para-hydroxylation sites is 2. The van der Waals surface area contributed by atoms with Gasteiger partial charge in [0.2, 0.25) is 18.6 Å². The van der Waals surface area contributed by atoms with Gasteiger partial charge in [-0.05, 0) is 42.7 Å². The third kappa shape index (κ3) is 4.11. The largest absolute Gasteiger partial charge is 0.454 e. The summed E-state index contributed by atoms with van der Waals surface area (Å²) in [6.07, 6.45) is 1.76. The Morgan fingerprint density at radius 3 is 2.58 bits per heavy atom. The van der Waals surface area contributed by atoms with E-state index >= 15 is 0 Å². The number of anilines is 1. The van der Waals surface area contributed by atoms with Gasteiger partial charge < -0.3 is 24.3 Å². The maximum absolute atomic E-state index is 13.2. The van der Waals surface area contributed by atoms with Crippen LogP contribution in [-0.2, 0) is 11.3 Å².